The van der Waals surface area contributed by atoms with E-state index in [0.29, 0.717) is 6.07 Å². The molecule has 0 aliphatic heterocycles. The largest absolute Gasteiger partial charge is 0.366 e. The summed E-state index contributed by atoms with van der Waals surface area (Å²) in [5.41, 5.74) is -1.27. The van der Waals surface area contributed by atoms with Crippen LogP contribution in [0.4, 0.5) is 19.0 Å². The Balaban J connectivity index is 3.37. The Hall–Kier alpha value is -1.18. The van der Waals surface area contributed by atoms with Crippen LogP contribution in [0.2, 0.25) is 0 Å². The Bertz CT molecular complexity index is 400. The number of nitrogens with zero attached hydrogens (tertiary/aromatic N) is 2. The second kappa shape index (κ2) is 4.56. The summed E-state index contributed by atoms with van der Waals surface area (Å²) in [7, 11) is 0. The van der Waals surface area contributed by atoms with Crippen molar-refractivity contribution in [1.29, 1.82) is 0 Å². The van der Waals surface area contributed by atoms with E-state index in [-0.39, 0.29) is 11.0 Å². The van der Waals surface area contributed by atoms with Crippen LogP contribution in [-0.2, 0) is 5.33 Å². The summed E-state index contributed by atoms with van der Waals surface area (Å²) in [5.74, 6) is -2.10. The summed E-state index contributed by atoms with van der Waals surface area (Å²) in [5, 5.41) is 10.1. The highest BCUT2D eigenvalue weighted by atomic mass is 79.9. The molecule has 4 nitrogen and oxygen atoms in total. The van der Waals surface area contributed by atoms with Crippen molar-refractivity contribution >= 4 is 21.7 Å². The summed E-state index contributed by atoms with van der Waals surface area (Å²) in [6, 6.07) is 0.383. The van der Waals surface area contributed by atoms with E-state index in [1.54, 1.807) is 0 Å². The lowest BCUT2D eigenvalue weighted by Gasteiger charge is -2.03. The molecule has 82 valence electrons. The first kappa shape index (κ1) is 11.9. The minimum atomic E-state index is -3.05. The quantitative estimate of drug-likeness (QED) is 0.487. The minimum Gasteiger partial charge on any atom is -0.358 e. The second-order valence-electron chi connectivity index (χ2n) is 2.51. The fourth-order valence-corrected chi connectivity index (χ4v) is 1.41. The highest BCUT2D eigenvalue weighted by Gasteiger charge is 2.26. The maximum Gasteiger partial charge on any atom is 0.366 e. The summed E-state index contributed by atoms with van der Waals surface area (Å²) in [4.78, 5) is 12.6. The molecule has 1 aromatic heterocycles. The number of halogens is 4. The molecule has 0 fully saturated rings. The molecule has 0 atom stereocenters. The van der Waals surface area contributed by atoms with Crippen molar-refractivity contribution in [2.45, 2.75) is 11.8 Å². The van der Waals surface area contributed by atoms with Gasteiger partial charge in [-0.3, -0.25) is 0 Å². The molecule has 0 saturated heterocycles. The average Bonchev–Trinajstić information content (AvgIpc) is 2.15. The van der Waals surface area contributed by atoms with Gasteiger partial charge in [-0.25, -0.2) is 13.2 Å². The van der Waals surface area contributed by atoms with E-state index in [2.05, 4.69) is 20.9 Å². The van der Waals surface area contributed by atoms with Gasteiger partial charge < -0.3 is 10.1 Å². The molecule has 1 heterocycles. The lowest BCUT2D eigenvalue weighted by molar-refractivity contribution is -0.389. The number of hydrogen-bond acceptors (Lipinski definition) is 3. The van der Waals surface area contributed by atoms with Crippen molar-refractivity contribution in [1.82, 2.24) is 4.98 Å². The van der Waals surface area contributed by atoms with Crippen LogP contribution in [-0.4, -0.2) is 9.91 Å². The second-order valence-corrected chi connectivity index (χ2v) is 3.07. The zero-order chi connectivity index (χ0) is 11.6. The molecule has 0 radical (unpaired) electrons. The number of alkyl halides is 3. The maximum absolute atomic E-state index is 13.1. The van der Waals surface area contributed by atoms with Crippen molar-refractivity contribution in [2.24, 2.45) is 0 Å². The highest BCUT2D eigenvalue weighted by molar-refractivity contribution is 9.08. The molecule has 8 heteroatoms. The number of pyridine rings is 1. The van der Waals surface area contributed by atoms with Gasteiger partial charge in [0, 0.05) is 0 Å². The van der Waals surface area contributed by atoms with E-state index >= 15 is 0 Å². The van der Waals surface area contributed by atoms with Crippen molar-refractivity contribution in [2.75, 3.05) is 0 Å². The lowest BCUT2D eigenvalue weighted by Crippen LogP contribution is -2.04. The monoisotopic (exact) mass is 284 g/mol. The molecule has 0 unspecified atom stereocenters. The average molecular weight is 285 g/mol. The van der Waals surface area contributed by atoms with Gasteiger partial charge >= 0.3 is 5.82 Å². The Morgan fingerprint density at radius 1 is 1.60 bits per heavy atom. The molecule has 0 N–H and O–H groups in total. The van der Waals surface area contributed by atoms with Crippen LogP contribution in [0.3, 0.4) is 0 Å². The van der Waals surface area contributed by atoms with Gasteiger partial charge in [0.2, 0.25) is 0 Å². The Morgan fingerprint density at radius 3 is 2.60 bits per heavy atom. The topological polar surface area (TPSA) is 56.0 Å². The van der Waals surface area contributed by atoms with Gasteiger partial charge in [0.05, 0.1) is 11.4 Å². The van der Waals surface area contributed by atoms with Crippen LogP contribution < -0.4 is 0 Å². The van der Waals surface area contributed by atoms with Gasteiger partial charge in [-0.05, 0) is 9.91 Å². The third-order valence-electron chi connectivity index (χ3n) is 1.61. The molecule has 0 spiro atoms. The van der Waals surface area contributed by atoms with Crippen LogP contribution >= 0.6 is 15.9 Å². The molecule has 0 saturated carbocycles. The fraction of sp³-hybridized carbons (Fsp3) is 0.286. The van der Waals surface area contributed by atoms with Gasteiger partial charge in [-0.15, -0.1) is 0 Å². The van der Waals surface area contributed by atoms with Crippen LogP contribution in [0.1, 0.15) is 17.7 Å². The molecular formula is C7H4BrF3N2O2. The minimum absolute atomic E-state index is 0.175. The third-order valence-corrected chi connectivity index (χ3v) is 2.14. The smallest absolute Gasteiger partial charge is 0.358 e. The Morgan fingerprint density at radius 2 is 2.20 bits per heavy atom. The van der Waals surface area contributed by atoms with Gasteiger partial charge in [-0.2, -0.15) is 0 Å². The van der Waals surface area contributed by atoms with E-state index < -0.39 is 28.5 Å². The molecule has 15 heavy (non-hydrogen) atoms. The van der Waals surface area contributed by atoms with Gasteiger partial charge in [0.1, 0.15) is 11.4 Å². The van der Waals surface area contributed by atoms with Crippen LogP contribution in [0.15, 0.2) is 6.07 Å². The van der Waals surface area contributed by atoms with Crippen molar-refractivity contribution in [3.63, 3.8) is 0 Å². The molecule has 1 rings (SSSR count). The van der Waals surface area contributed by atoms with Crippen LogP contribution in [0.25, 0.3) is 0 Å². The SMILES string of the molecule is O=[N+]([O-])c1cc(F)c(C(F)F)c(CBr)n1. The van der Waals surface area contributed by atoms with Gasteiger partial charge in [0.15, 0.2) is 5.69 Å². The lowest BCUT2D eigenvalue weighted by atomic mass is 10.2. The van der Waals surface area contributed by atoms with E-state index in [1.807, 2.05) is 0 Å². The van der Waals surface area contributed by atoms with Crippen molar-refractivity contribution in [3.8, 4) is 0 Å². The number of hydrogen-bond donors (Lipinski definition) is 0. The fourth-order valence-electron chi connectivity index (χ4n) is 0.985. The molecule has 0 aromatic carbocycles. The third kappa shape index (κ3) is 2.44. The number of rotatable bonds is 3. The van der Waals surface area contributed by atoms with Crippen LogP contribution in [0.5, 0.6) is 0 Å². The molecule has 0 aliphatic rings. The van der Waals surface area contributed by atoms with Crippen LogP contribution in [0, 0.1) is 15.9 Å². The predicted octanol–water partition coefficient (Wildman–Crippen LogP) is 2.96. The zero-order valence-electron chi connectivity index (χ0n) is 7.08. The normalized spacial score (nSPS) is 10.7. The molecule has 0 bridgehead atoms. The molecule has 1 aromatic rings. The predicted molar refractivity (Wildman–Crippen MR) is 48.4 cm³/mol. The standard InChI is InChI=1S/C7H4BrF3N2O2/c8-2-4-6(7(10)11)3(9)1-5(12-4)13(14)15/h1,7H,2H2. The Labute approximate surface area is 90.4 Å². The number of aromatic nitrogens is 1. The van der Waals surface area contributed by atoms with E-state index in [0.717, 1.165) is 0 Å². The molecular weight excluding hydrogens is 281 g/mol. The highest BCUT2D eigenvalue weighted by Crippen LogP contribution is 2.28. The van der Waals surface area contributed by atoms with E-state index in [1.165, 1.54) is 0 Å². The van der Waals surface area contributed by atoms with Crippen molar-refractivity contribution < 1.29 is 18.1 Å². The molecule has 0 amide bonds. The zero-order valence-corrected chi connectivity index (χ0v) is 8.67. The first-order valence-electron chi connectivity index (χ1n) is 3.65. The van der Waals surface area contributed by atoms with Gasteiger partial charge in [-0.1, -0.05) is 15.9 Å². The summed E-state index contributed by atoms with van der Waals surface area (Å²) in [6.45, 7) is 0. The van der Waals surface area contributed by atoms with E-state index in [4.69, 9.17) is 0 Å². The molecule has 0 aliphatic carbocycles. The maximum atomic E-state index is 13.1. The summed E-state index contributed by atoms with van der Waals surface area (Å²) in [6.07, 6.45) is -3.05. The number of nitro groups is 1. The first-order valence-corrected chi connectivity index (χ1v) is 4.77. The Kier molecular flexibility index (Phi) is 3.61. The van der Waals surface area contributed by atoms with Gasteiger partial charge in [0.25, 0.3) is 6.43 Å². The van der Waals surface area contributed by atoms with Crippen molar-refractivity contribution in [3.05, 3.63) is 33.3 Å². The summed E-state index contributed by atoms with van der Waals surface area (Å²) >= 11 is 2.81. The summed E-state index contributed by atoms with van der Waals surface area (Å²) < 4.78 is 37.7. The van der Waals surface area contributed by atoms with E-state index in [9.17, 15) is 23.3 Å². The first-order chi connectivity index (χ1) is 6.97.